The van der Waals surface area contributed by atoms with Gasteiger partial charge < -0.3 is 5.32 Å². The maximum absolute atomic E-state index is 13.6. The Morgan fingerprint density at radius 3 is 2.91 bits per heavy atom. The van der Waals surface area contributed by atoms with Crippen LogP contribution in [0.1, 0.15) is 21.6 Å². The van der Waals surface area contributed by atoms with Crippen molar-refractivity contribution in [1.29, 1.82) is 0 Å². The number of nitrogens with one attached hydrogen (secondary N) is 1. The predicted octanol–water partition coefficient (Wildman–Crippen LogP) is 3.01. The van der Waals surface area contributed by atoms with E-state index in [1.54, 1.807) is 49.6 Å². The molecule has 0 aliphatic heterocycles. The molecule has 22 heavy (non-hydrogen) atoms. The van der Waals surface area contributed by atoms with Crippen molar-refractivity contribution >= 4 is 16.8 Å². The third-order valence-corrected chi connectivity index (χ3v) is 3.45. The van der Waals surface area contributed by atoms with Crippen LogP contribution in [0.5, 0.6) is 0 Å². The molecule has 0 saturated carbocycles. The molecule has 2 heterocycles. The van der Waals surface area contributed by atoms with Gasteiger partial charge in [-0.25, -0.2) is 4.39 Å². The Labute approximate surface area is 127 Å². The van der Waals surface area contributed by atoms with Gasteiger partial charge in [0.15, 0.2) is 0 Å². The topological polar surface area (TPSA) is 54.9 Å². The number of aromatic nitrogens is 2. The molecule has 0 aliphatic carbocycles. The Balaban J connectivity index is 1.83. The van der Waals surface area contributed by atoms with Crippen LogP contribution in [0.4, 0.5) is 4.39 Å². The smallest absolute Gasteiger partial charge is 0.253 e. The van der Waals surface area contributed by atoms with Crippen LogP contribution in [-0.4, -0.2) is 15.9 Å². The largest absolute Gasteiger partial charge is 0.348 e. The van der Waals surface area contributed by atoms with Crippen molar-refractivity contribution in [2.24, 2.45) is 0 Å². The lowest BCUT2D eigenvalue weighted by Crippen LogP contribution is -2.24. The molecule has 110 valence electrons. The number of aryl methyl sites for hydroxylation is 1. The molecular weight excluding hydrogens is 281 g/mol. The minimum atomic E-state index is -0.333. The molecule has 5 heteroatoms. The van der Waals surface area contributed by atoms with Crippen LogP contribution in [0.15, 0.2) is 48.8 Å². The van der Waals surface area contributed by atoms with E-state index in [0.29, 0.717) is 16.8 Å². The highest BCUT2D eigenvalue weighted by molar-refractivity contribution is 5.98. The van der Waals surface area contributed by atoms with Crippen LogP contribution in [0.25, 0.3) is 10.9 Å². The highest BCUT2D eigenvalue weighted by Gasteiger charge is 2.12. The normalized spacial score (nSPS) is 10.6. The molecule has 0 fully saturated rings. The SMILES string of the molecule is Cc1nc2ccncc2cc1C(=O)NCc1ccccc1F. The van der Waals surface area contributed by atoms with Gasteiger partial charge in [-0.3, -0.25) is 14.8 Å². The van der Waals surface area contributed by atoms with Crippen LogP contribution < -0.4 is 5.32 Å². The lowest BCUT2D eigenvalue weighted by molar-refractivity contribution is 0.0949. The quantitative estimate of drug-likeness (QED) is 0.808. The zero-order valence-corrected chi connectivity index (χ0v) is 12.0. The number of halogens is 1. The predicted molar refractivity (Wildman–Crippen MR) is 81.8 cm³/mol. The van der Waals surface area contributed by atoms with E-state index in [2.05, 4.69) is 15.3 Å². The molecule has 0 unspecified atom stereocenters. The van der Waals surface area contributed by atoms with E-state index in [1.165, 1.54) is 6.07 Å². The lowest BCUT2D eigenvalue weighted by atomic mass is 10.1. The van der Waals surface area contributed by atoms with E-state index in [0.717, 1.165) is 10.9 Å². The second-order valence-electron chi connectivity index (χ2n) is 4.96. The van der Waals surface area contributed by atoms with Crippen molar-refractivity contribution in [2.75, 3.05) is 0 Å². The van der Waals surface area contributed by atoms with Crippen LogP contribution >= 0.6 is 0 Å². The fraction of sp³-hybridized carbons (Fsp3) is 0.118. The molecule has 1 N–H and O–H groups in total. The van der Waals surface area contributed by atoms with Gasteiger partial charge in [0.2, 0.25) is 0 Å². The number of rotatable bonds is 3. The number of nitrogens with zero attached hydrogens (tertiary/aromatic N) is 2. The molecular formula is C17H14FN3O. The monoisotopic (exact) mass is 295 g/mol. The maximum atomic E-state index is 13.6. The Morgan fingerprint density at radius 2 is 2.09 bits per heavy atom. The van der Waals surface area contributed by atoms with Gasteiger partial charge in [-0.05, 0) is 25.1 Å². The second-order valence-corrected chi connectivity index (χ2v) is 4.96. The number of pyridine rings is 2. The van der Waals surface area contributed by atoms with E-state index >= 15 is 0 Å². The first-order valence-electron chi connectivity index (χ1n) is 6.88. The second kappa shape index (κ2) is 5.89. The highest BCUT2D eigenvalue weighted by atomic mass is 19.1. The average molecular weight is 295 g/mol. The van der Waals surface area contributed by atoms with Gasteiger partial charge in [0.25, 0.3) is 5.91 Å². The molecule has 1 aromatic carbocycles. The molecule has 1 amide bonds. The van der Waals surface area contributed by atoms with Crippen molar-refractivity contribution in [1.82, 2.24) is 15.3 Å². The number of carbonyl (C=O) groups is 1. The standard InChI is InChI=1S/C17H14FN3O/c1-11-14(8-13-9-19-7-6-16(13)21-11)17(22)20-10-12-4-2-3-5-15(12)18/h2-9H,10H2,1H3,(H,20,22). The average Bonchev–Trinajstić information content (AvgIpc) is 2.53. The molecule has 0 atom stereocenters. The summed E-state index contributed by atoms with van der Waals surface area (Å²) in [6, 6.07) is 9.91. The fourth-order valence-electron chi connectivity index (χ4n) is 2.26. The van der Waals surface area contributed by atoms with E-state index < -0.39 is 0 Å². The molecule has 0 bridgehead atoms. The Hall–Kier alpha value is -2.82. The van der Waals surface area contributed by atoms with Crippen LogP contribution in [0, 0.1) is 12.7 Å². The molecule has 3 rings (SSSR count). The first-order chi connectivity index (χ1) is 10.6. The van der Waals surface area contributed by atoms with Gasteiger partial charge >= 0.3 is 0 Å². The summed E-state index contributed by atoms with van der Waals surface area (Å²) in [5.41, 5.74) is 2.34. The minimum absolute atomic E-state index is 0.135. The van der Waals surface area contributed by atoms with E-state index in [-0.39, 0.29) is 18.3 Å². The third-order valence-electron chi connectivity index (χ3n) is 3.45. The van der Waals surface area contributed by atoms with Crippen molar-refractivity contribution in [3.63, 3.8) is 0 Å². The zero-order valence-electron chi connectivity index (χ0n) is 12.0. The zero-order chi connectivity index (χ0) is 15.5. The Bertz CT molecular complexity index is 848. The van der Waals surface area contributed by atoms with Crippen LogP contribution in [0.3, 0.4) is 0 Å². The summed E-state index contributed by atoms with van der Waals surface area (Å²) < 4.78 is 13.6. The van der Waals surface area contributed by atoms with Gasteiger partial charge in [0.1, 0.15) is 5.82 Å². The van der Waals surface area contributed by atoms with Gasteiger partial charge in [-0.2, -0.15) is 0 Å². The number of hydrogen-bond acceptors (Lipinski definition) is 3. The number of hydrogen-bond donors (Lipinski definition) is 1. The number of benzene rings is 1. The maximum Gasteiger partial charge on any atom is 0.253 e. The summed E-state index contributed by atoms with van der Waals surface area (Å²) in [5.74, 6) is -0.612. The summed E-state index contributed by atoms with van der Waals surface area (Å²) in [5, 5.41) is 3.52. The van der Waals surface area contributed by atoms with E-state index in [1.807, 2.05) is 0 Å². The van der Waals surface area contributed by atoms with E-state index in [9.17, 15) is 9.18 Å². The highest BCUT2D eigenvalue weighted by Crippen LogP contribution is 2.15. The first-order valence-corrected chi connectivity index (χ1v) is 6.88. The van der Waals surface area contributed by atoms with Gasteiger partial charge in [-0.15, -0.1) is 0 Å². The summed E-state index contributed by atoms with van der Waals surface area (Å²) in [7, 11) is 0. The van der Waals surface area contributed by atoms with Crippen molar-refractivity contribution in [3.05, 3.63) is 71.4 Å². The van der Waals surface area contributed by atoms with Gasteiger partial charge in [0.05, 0.1) is 16.8 Å². The van der Waals surface area contributed by atoms with E-state index in [4.69, 9.17) is 0 Å². The van der Waals surface area contributed by atoms with Gasteiger partial charge in [0, 0.05) is 29.9 Å². The molecule has 4 nitrogen and oxygen atoms in total. The Morgan fingerprint density at radius 1 is 1.27 bits per heavy atom. The van der Waals surface area contributed by atoms with Crippen molar-refractivity contribution in [2.45, 2.75) is 13.5 Å². The number of amides is 1. The summed E-state index contributed by atoms with van der Waals surface area (Å²) >= 11 is 0. The molecule has 0 saturated heterocycles. The number of carbonyl (C=O) groups excluding carboxylic acids is 1. The molecule has 2 aromatic heterocycles. The van der Waals surface area contributed by atoms with Crippen molar-refractivity contribution < 1.29 is 9.18 Å². The van der Waals surface area contributed by atoms with Crippen LogP contribution in [-0.2, 0) is 6.54 Å². The molecule has 3 aromatic rings. The summed E-state index contributed by atoms with van der Waals surface area (Å²) in [6.45, 7) is 1.91. The Kier molecular flexibility index (Phi) is 3.78. The molecule has 0 radical (unpaired) electrons. The van der Waals surface area contributed by atoms with Crippen LogP contribution in [0.2, 0.25) is 0 Å². The lowest BCUT2D eigenvalue weighted by Gasteiger charge is -2.09. The summed E-state index contributed by atoms with van der Waals surface area (Å²) in [4.78, 5) is 20.7. The fourth-order valence-corrected chi connectivity index (χ4v) is 2.26. The minimum Gasteiger partial charge on any atom is -0.348 e. The van der Waals surface area contributed by atoms with Crippen molar-refractivity contribution in [3.8, 4) is 0 Å². The summed E-state index contributed by atoms with van der Waals surface area (Å²) in [6.07, 6.45) is 3.32. The first kappa shape index (κ1) is 14.1. The third kappa shape index (κ3) is 2.79. The number of fused-ring (bicyclic) bond motifs is 1. The molecule has 0 spiro atoms. The van der Waals surface area contributed by atoms with Gasteiger partial charge in [-0.1, -0.05) is 18.2 Å². The molecule has 0 aliphatic rings.